The van der Waals surface area contributed by atoms with Crippen molar-refractivity contribution in [1.29, 1.82) is 5.26 Å². The molecule has 9 nitrogen and oxygen atoms in total. The van der Waals surface area contributed by atoms with E-state index in [0.717, 1.165) is 0 Å². The van der Waals surface area contributed by atoms with Crippen LogP contribution in [0.5, 0.6) is 5.75 Å². The van der Waals surface area contributed by atoms with Crippen molar-refractivity contribution in [1.82, 2.24) is 5.32 Å². The van der Waals surface area contributed by atoms with Gasteiger partial charge in [0, 0.05) is 17.7 Å². The summed E-state index contributed by atoms with van der Waals surface area (Å²) >= 11 is 0. The largest absolute Gasteiger partial charge is 0.488 e. The Bertz CT molecular complexity index is 962. The minimum atomic E-state index is -1.07. The predicted molar refractivity (Wildman–Crippen MR) is 95.2 cm³/mol. The molecule has 0 heterocycles. The molecule has 0 aromatic heterocycles. The average Bonchev–Trinajstić information content (AvgIpc) is 2.64. The fraction of sp³-hybridized carbons (Fsp3) is 0.0556. The van der Waals surface area contributed by atoms with Gasteiger partial charge in [0.15, 0.2) is 0 Å². The van der Waals surface area contributed by atoms with E-state index in [9.17, 15) is 19.7 Å². The van der Waals surface area contributed by atoms with Gasteiger partial charge in [0.05, 0.1) is 4.92 Å². The van der Waals surface area contributed by atoms with E-state index >= 15 is 0 Å². The molecule has 0 aliphatic rings. The van der Waals surface area contributed by atoms with Crippen LogP contribution < -0.4 is 15.8 Å². The monoisotopic (exact) mass is 366 g/mol. The zero-order valence-electron chi connectivity index (χ0n) is 13.9. The Morgan fingerprint density at radius 3 is 2.67 bits per heavy atom. The summed E-state index contributed by atoms with van der Waals surface area (Å²) in [5, 5.41) is 21.8. The number of ether oxygens (including phenoxy) is 1. The van der Waals surface area contributed by atoms with E-state index in [1.165, 1.54) is 18.2 Å². The molecular weight excluding hydrogens is 352 g/mol. The number of hydrogen-bond acceptors (Lipinski definition) is 6. The highest BCUT2D eigenvalue weighted by molar-refractivity contribution is 6.08. The molecule has 3 amide bonds. The average molecular weight is 366 g/mol. The van der Waals surface area contributed by atoms with E-state index in [4.69, 9.17) is 15.7 Å². The summed E-state index contributed by atoms with van der Waals surface area (Å²) in [6.07, 6.45) is 1.25. The molecule has 0 saturated carbocycles. The number of urea groups is 1. The predicted octanol–water partition coefficient (Wildman–Crippen LogP) is 2.28. The molecule has 2 aromatic rings. The van der Waals surface area contributed by atoms with E-state index in [1.807, 2.05) is 5.32 Å². The molecule has 0 fully saturated rings. The van der Waals surface area contributed by atoms with Crippen LogP contribution in [0.3, 0.4) is 0 Å². The molecular formula is C18H14N4O5. The number of hydrogen-bond donors (Lipinski definition) is 2. The topological polar surface area (TPSA) is 148 Å². The molecule has 3 N–H and O–H groups in total. The van der Waals surface area contributed by atoms with Crippen LogP contribution in [0.15, 0.2) is 54.1 Å². The summed E-state index contributed by atoms with van der Waals surface area (Å²) in [5.41, 5.74) is 5.48. The number of carbonyl (C=O) groups is 2. The number of amides is 3. The first-order valence-electron chi connectivity index (χ1n) is 7.58. The maximum Gasteiger partial charge on any atom is 0.319 e. The fourth-order valence-electron chi connectivity index (χ4n) is 2.14. The number of nitrogens with zero attached hydrogens (tertiary/aromatic N) is 2. The van der Waals surface area contributed by atoms with Gasteiger partial charge in [-0.2, -0.15) is 5.26 Å². The van der Waals surface area contributed by atoms with Crippen molar-refractivity contribution in [3.05, 3.63) is 75.3 Å². The maximum absolute atomic E-state index is 11.8. The van der Waals surface area contributed by atoms with Crippen LogP contribution in [0, 0.1) is 21.4 Å². The van der Waals surface area contributed by atoms with Crippen molar-refractivity contribution in [2.75, 3.05) is 0 Å². The first-order valence-corrected chi connectivity index (χ1v) is 7.58. The zero-order chi connectivity index (χ0) is 19.8. The lowest BCUT2D eigenvalue weighted by Crippen LogP contribution is -2.35. The van der Waals surface area contributed by atoms with Crippen molar-refractivity contribution in [2.24, 2.45) is 5.73 Å². The van der Waals surface area contributed by atoms with E-state index in [2.05, 4.69) is 0 Å². The molecule has 0 spiro atoms. The van der Waals surface area contributed by atoms with Gasteiger partial charge in [0.25, 0.3) is 11.6 Å². The third kappa shape index (κ3) is 5.40. The first kappa shape index (κ1) is 19.1. The van der Waals surface area contributed by atoms with Crippen molar-refractivity contribution >= 4 is 23.7 Å². The van der Waals surface area contributed by atoms with Gasteiger partial charge in [0.2, 0.25) is 0 Å². The van der Waals surface area contributed by atoms with Crippen LogP contribution >= 0.6 is 0 Å². The first-order chi connectivity index (χ1) is 12.9. The van der Waals surface area contributed by atoms with Gasteiger partial charge in [-0.1, -0.05) is 30.3 Å². The standard InChI is InChI=1S/C18H14N4O5/c19-10-14(17(23)21-18(20)24)9-13-5-1-2-7-16(13)27-11-12-4-3-6-15(8-12)22(25)26/h1-9H,11H2,(H3,20,21,23,24)/b14-9-. The Hall–Kier alpha value is -4.19. The summed E-state index contributed by atoms with van der Waals surface area (Å²) in [5.74, 6) is -0.581. The molecule has 0 saturated heterocycles. The number of nitro benzene ring substituents is 1. The highest BCUT2D eigenvalue weighted by atomic mass is 16.6. The number of benzene rings is 2. The third-order valence-electron chi connectivity index (χ3n) is 3.34. The van der Waals surface area contributed by atoms with Crippen LogP contribution in [-0.4, -0.2) is 16.9 Å². The number of rotatable bonds is 6. The van der Waals surface area contributed by atoms with Gasteiger partial charge in [0.1, 0.15) is 24.0 Å². The maximum atomic E-state index is 11.8. The molecule has 2 aromatic carbocycles. The summed E-state index contributed by atoms with van der Waals surface area (Å²) < 4.78 is 5.66. The van der Waals surface area contributed by atoms with E-state index < -0.39 is 16.9 Å². The fourth-order valence-corrected chi connectivity index (χ4v) is 2.14. The van der Waals surface area contributed by atoms with Crippen LogP contribution in [-0.2, 0) is 11.4 Å². The highest BCUT2D eigenvalue weighted by Crippen LogP contribution is 2.23. The summed E-state index contributed by atoms with van der Waals surface area (Å²) in [6, 6.07) is 13.2. The second kappa shape index (κ2) is 8.77. The number of para-hydroxylation sites is 1. The smallest absolute Gasteiger partial charge is 0.319 e. The minimum Gasteiger partial charge on any atom is -0.488 e. The van der Waals surface area contributed by atoms with E-state index in [0.29, 0.717) is 16.9 Å². The number of nitriles is 1. The summed E-state index contributed by atoms with van der Waals surface area (Å²) in [4.78, 5) is 32.9. The quantitative estimate of drug-likeness (QED) is 0.347. The molecule has 0 unspecified atom stereocenters. The molecule has 9 heteroatoms. The van der Waals surface area contributed by atoms with Gasteiger partial charge in [-0.15, -0.1) is 0 Å². The van der Waals surface area contributed by atoms with E-state index in [1.54, 1.807) is 42.5 Å². The molecule has 0 atom stereocenters. The Morgan fingerprint density at radius 2 is 2.00 bits per heavy atom. The number of carbonyl (C=O) groups excluding carboxylic acids is 2. The lowest BCUT2D eigenvalue weighted by Gasteiger charge is -2.09. The van der Waals surface area contributed by atoms with Crippen LogP contribution in [0.4, 0.5) is 10.5 Å². The van der Waals surface area contributed by atoms with Gasteiger partial charge >= 0.3 is 6.03 Å². The molecule has 2 rings (SSSR count). The van der Waals surface area contributed by atoms with Crippen molar-refractivity contribution in [3.63, 3.8) is 0 Å². The van der Waals surface area contributed by atoms with Crippen molar-refractivity contribution in [2.45, 2.75) is 6.61 Å². The molecule has 0 aliphatic heterocycles. The number of nitro groups is 1. The van der Waals surface area contributed by atoms with Crippen LogP contribution in [0.2, 0.25) is 0 Å². The normalized spacial score (nSPS) is 10.6. The molecule has 0 aliphatic carbocycles. The van der Waals surface area contributed by atoms with Crippen molar-refractivity contribution in [3.8, 4) is 11.8 Å². The Balaban J connectivity index is 2.23. The number of imide groups is 1. The van der Waals surface area contributed by atoms with Crippen molar-refractivity contribution < 1.29 is 19.2 Å². The molecule has 0 bridgehead atoms. The second-order valence-corrected chi connectivity index (χ2v) is 5.24. The lowest BCUT2D eigenvalue weighted by molar-refractivity contribution is -0.384. The van der Waals surface area contributed by atoms with Gasteiger partial charge in [-0.05, 0) is 17.7 Å². The number of non-ortho nitro benzene ring substituents is 1. The second-order valence-electron chi connectivity index (χ2n) is 5.24. The number of nitrogens with one attached hydrogen (secondary N) is 1. The summed E-state index contributed by atoms with van der Waals surface area (Å²) in [7, 11) is 0. The van der Waals surface area contributed by atoms with Gasteiger partial charge in [-0.3, -0.25) is 20.2 Å². The minimum absolute atomic E-state index is 0.0436. The molecule has 136 valence electrons. The SMILES string of the molecule is N#C/C(=C/c1ccccc1OCc1cccc([N+](=O)[O-])c1)C(=O)NC(N)=O. The zero-order valence-corrected chi connectivity index (χ0v) is 13.9. The van der Waals surface area contributed by atoms with E-state index in [-0.39, 0.29) is 17.9 Å². The Labute approximate surface area is 153 Å². The Kier molecular flexibility index (Phi) is 6.22. The van der Waals surface area contributed by atoms with Crippen LogP contribution in [0.25, 0.3) is 6.08 Å². The molecule has 0 radical (unpaired) electrons. The summed E-state index contributed by atoms with van der Waals surface area (Å²) in [6.45, 7) is 0.0436. The lowest BCUT2D eigenvalue weighted by atomic mass is 10.1. The third-order valence-corrected chi connectivity index (χ3v) is 3.34. The van der Waals surface area contributed by atoms with Gasteiger partial charge < -0.3 is 10.5 Å². The Morgan fingerprint density at radius 1 is 1.26 bits per heavy atom. The van der Waals surface area contributed by atoms with Gasteiger partial charge in [-0.25, -0.2) is 4.79 Å². The number of nitrogens with two attached hydrogens (primary N) is 1. The highest BCUT2D eigenvalue weighted by Gasteiger charge is 2.13. The van der Waals surface area contributed by atoms with Crippen LogP contribution in [0.1, 0.15) is 11.1 Å². The molecule has 27 heavy (non-hydrogen) atoms. The number of primary amides is 1.